The molecule has 0 spiro atoms. The molecule has 0 N–H and O–H groups in total. The lowest BCUT2D eigenvalue weighted by Crippen LogP contribution is -1.92. The van der Waals surface area contributed by atoms with Crippen LogP contribution in [0.4, 0.5) is 0 Å². The molecule has 0 radical (unpaired) electrons. The second-order valence-electron chi connectivity index (χ2n) is 4.92. The van der Waals surface area contributed by atoms with Crippen LogP contribution in [0.25, 0.3) is 17.4 Å². The van der Waals surface area contributed by atoms with E-state index in [0.717, 1.165) is 5.56 Å². The monoisotopic (exact) mass is 342 g/mol. The number of benzene rings is 2. The fourth-order valence-electron chi connectivity index (χ4n) is 2.15. The number of furan rings is 1. The first-order valence-electron chi connectivity index (χ1n) is 6.95. The smallest absolute Gasteiger partial charge is 0.185 e. The molecule has 2 aromatic carbocycles. The molecule has 0 atom stereocenters. The van der Waals surface area contributed by atoms with Gasteiger partial charge in [-0.15, -0.1) is 0 Å². The van der Waals surface area contributed by atoms with E-state index in [1.54, 1.807) is 42.5 Å². The lowest BCUT2D eigenvalue weighted by Gasteiger charge is -1.99. The largest absolute Gasteiger partial charge is 0.457 e. The predicted molar refractivity (Wildman–Crippen MR) is 94.0 cm³/mol. The summed E-state index contributed by atoms with van der Waals surface area (Å²) >= 11 is 12.0. The molecule has 1 heterocycles. The minimum atomic E-state index is -0.0747. The number of hydrogen-bond acceptors (Lipinski definition) is 2. The van der Waals surface area contributed by atoms with E-state index >= 15 is 0 Å². The van der Waals surface area contributed by atoms with Crippen molar-refractivity contribution in [2.24, 2.45) is 0 Å². The van der Waals surface area contributed by atoms with Gasteiger partial charge in [0.2, 0.25) is 0 Å². The highest BCUT2D eigenvalue weighted by Crippen LogP contribution is 2.28. The van der Waals surface area contributed by atoms with Crippen LogP contribution >= 0.6 is 23.2 Å². The van der Waals surface area contributed by atoms with Crippen LogP contribution in [0.2, 0.25) is 10.0 Å². The Morgan fingerprint density at radius 1 is 0.913 bits per heavy atom. The summed E-state index contributed by atoms with van der Waals surface area (Å²) in [6.45, 7) is 0. The molecule has 0 aliphatic carbocycles. The first-order chi connectivity index (χ1) is 11.1. The quantitative estimate of drug-likeness (QED) is 0.420. The Morgan fingerprint density at radius 2 is 1.61 bits per heavy atom. The summed E-state index contributed by atoms with van der Waals surface area (Å²) in [7, 11) is 0. The lowest BCUT2D eigenvalue weighted by atomic mass is 10.1. The summed E-state index contributed by atoms with van der Waals surface area (Å²) in [4.78, 5) is 12.0. The summed E-state index contributed by atoms with van der Waals surface area (Å²) in [6.07, 6.45) is 3.13. The van der Waals surface area contributed by atoms with E-state index in [-0.39, 0.29) is 5.78 Å². The van der Waals surface area contributed by atoms with Gasteiger partial charge in [0.05, 0.1) is 0 Å². The van der Waals surface area contributed by atoms with Gasteiger partial charge in [-0.3, -0.25) is 4.79 Å². The van der Waals surface area contributed by atoms with Crippen molar-refractivity contribution in [3.63, 3.8) is 0 Å². The fraction of sp³-hybridized carbons (Fsp3) is 0. The maximum Gasteiger partial charge on any atom is 0.185 e. The highest BCUT2D eigenvalue weighted by atomic mass is 35.5. The molecule has 0 aliphatic heterocycles. The van der Waals surface area contributed by atoms with Crippen LogP contribution in [-0.2, 0) is 0 Å². The summed E-state index contributed by atoms with van der Waals surface area (Å²) in [5, 5.41) is 1.08. The Morgan fingerprint density at radius 3 is 2.30 bits per heavy atom. The van der Waals surface area contributed by atoms with Crippen molar-refractivity contribution in [2.45, 2.75) is 0 Å². The van der Waals surface area contributed by atoms with E-state index in [2.05, 4.69) is 0 Å². The number of carbonyl (C=O) groups is 1. The van der Waals surface area contributed by atoms with Crippen LogP contribution in [0.15, 0.2) is 71.2 Å². The van der Waals surface area contributed by atoms with Gasteiger partial charge in [-0.1, -0.05) is 53.5 Å². The van der Waals surface area contributed by atoms with E-state index in [1.807, 2.05) is 24.3 Å². The van der Waals surface area contributed by atoms with Gasteiger partial charge in [0.25, 0.3) is 0 Å². The van der Waals surface area contributed by atoms with Crippen molar-refractivity contribution < 1.29 is 9.21 Å². The Kier molecular flexibility index (Phi) is 4.65. The van der Waals surface area contributed by atoms with Crippen LogP contribution < -0.4 is 0 Å². The number of allylic oxidation sites excluding steroid dienone is 1. The fourth-order valence-corrected chi connectivity index (χ4v) is 2.68. The summed E-state index contributed by atoms with van der Waals surface area (Å²) < 4.78 is 5.71. The maximum absolute atomic E-state index is 12.0. The Balaban J connectivity index is 1.79. The second kappa shape index (κ2) is 6.86. The molecule has 3 aromatic rings. The molecule has 3 rings (SSSR count). The molecule has 0 fully saturated rings. The van der Waals surface area contributed by atoms with E-state index < -0.39 is 0 Å². The highest BCUT2D eigenvalue weighted by molar-refractivity contribution is 6.35. The topological polar surface area (TPSA) is 30.2 Å². The minimum Gasteiger partial charge on any atom is -0.457 e. The van der Waals surface area contributed by atoms with Crippen molar-refractivity contribution >= 4 is 35.1 Å². The van der Waals surface area contributed by atoms with Gasteiger partial charge in [0, 0.05) is 21.2 Å². The number of hydrogen-bond donors (Lipinski definition) is 0. The van der Waals surface area contributed by atoms with Crippen LogP contribution in [0.1, 0.15) is 16.1 Å². The first-order valence-corrected chi connectivity index (χ1v) is 7.71. The average Bonchev–Trinajstić information content (AvgIpc) is 3.01. The van der Waals surface area contributed by atoms with Crippen LogP contribution in [0, 0.1) is 0 Å². The minimum absolute atomic E-state index is 0.0747. The normalized spacial score (nSPS) is 11.0. The third-order valence-corrected chi connectivity index (χ3v) is 3.67. The molecule has 2 nitrogen and oxygen atoms in total. The van der Waals surface area contributed by atoms with Crippen molar-refractivity contribution in [1.82, 2.24) is 0 Å². The summed E-state index contributed by atoms with van der Waals surface area (Å²) in [6, 6.07) is 17.9. The molecule has 0 bridgehead atoms. The molecule has 0 saturated heterocycles. The summed E-state index contributed by atoms with van der Waals surface area (Å²) in [5.41, 5.74) is 1.42. The molecular formula is C19H12Cl2O2. The summed E-state index contributed by atoms with van der Waals surface area (Å²) in [5.74, 6) is 1.15. The molecule has 23 heavy (non-hydrogen) atoms. The van der Waals surface area contributed by atoms with Gasteiger partial charge < -0.3 is 4.42 Å². The number of carbonyl (C=O) groups excluding carboxylic acids is 1. The van der Waals surface area contributed by atoms with E-state index in [1.165, 1.54) is 6.08 Å². The molecule has 0 amide bonds. The molecule has 0 aliphatic rings. The molecule has 0 saturated carbocycles. The number of ketones is 1. The molecular weight excluding hydrogens is 331 g/mol. The van der Waals surface area contributed by atoms with Crippen LogP contribution in [0.5, 0.6) is 0 Å². The molecule has 1 aromatic heterocycles. The molecule has 0 unspecified atom stereocenters. The zero-order valence-electron chi connectivity index (χ0n) is 12.0. The van der Waals surface area contributed by atoms with Crippen molar-refractivity contribution in [2.75, 3.05) is 0 Å². The van der Waals surface area contributed by atoms with E-state index in [9.17, 15) is 4.79 Å². The SMILES string of the molecule is O=C(C=Cc1ccc(-c2cc(Cl)cc(Cl)c2)o1)c1ccccc1. The lowest BCUT2D eigenvalue weighted by molar-refractivity contribution is 0.104. The van der Waals surface area contributed by atoms with Gasteiger partial charge in [-0.05, 0) is 42.5 Å². The zero-order chi connectivity index (χ0) is 16.2. The Labute approximate surface area is 144 Å². The first kappa shape index (κ1) is 15.6. The number of halogens is 2. The van der Waals surface area contributed by atoms with Crippen molar-refractivity contribution in [3.8, 4) is 11.3 Å². The third kappa shape index (κ3) is 3.92. The number of rotatable bonds is 4. The van der Waals surface area contributed by atoms with E-state index in [0.29, 0.717) is 27.1 Å². The molecule has 114 valence electrons. The third-order valence-electron chi connectivity index (χ3n) is 3.23. The van der Waals surface area contributed by atoms with Crippen LogP contribution in [-0.4, -0.2) is 5.78 Å². The van der Waals surface area contributed by atoms with Crippen LogP contribution in [0.3, 0.4) is 0 Å². The zero-order valence-corrected chi connectivity index (χ0v) is 13.5. The predicted octanol–water partition coefficient (Wildman–Crippen LogP) is 6.15. The highest BCUT2D eigenvalue weighted by Gasteiger charge is 2.06. The second-order valence-corrected chi connectivity index (χ2v) is 5.80. The van der Waals surface area contributed by atoms with Crippen molar-refractivity contribution in [3.05, 3.63) is 88.1 Å². The van der Waals surface area contributed by atoms with Gasteiger partial charge in [0.15, 0.2) is 5.78 Å². The Hall–Kier alpha value is -2.29. The molecule has 4 heteroatoms. The van der Waals surface area contributed by atoms with Gasteiger partial charge in [-0.25, -0.2) is 0 Å². The standard InChI is InChI=1S/C19H12Cl2O2/c20-15-10-14(11-16(21)12-15)19-9-7-17(23-19)6-8-18(22)13-4-2-1-3-5-13/h1-12H. The average molecular weight is 343 g/mol. The van der Waals surface area contributed by atoms with E-state index in [4.69, 9.17) is 27.6 Å². The maximum atomic E-state index is 12.0. The van der Waals surface area contributed by atoms with Gasteiger partial charge in [-0.2, -0.15) is 0 Å². The Bertz CT molecular complexity index is 844. The van der Waals surface area contributed by atoms with Gasteiger partial charge in [0.1, 0.15) is 11.5 Å². The van der Waals surface area contributed by atoms with Crippen molar-refractivity contribution in [1.29, 1.82) is 0 Å². The van der Waals surface area contributed by atoms with Gasteiger partial charge >= 0.3 is 0 Å².